The van der Waals surface area contributed by atoms with Crippen molar-refractivity contribution in [3.8, 4) is 16.3 Å². The number of ether oxygens (including phenoxy) is 1. The molecule has 0 atom stereocenters. The van der Waals surface area contributed by atoms with Crippen LogP contribution in [0.3, 0.4) is 0 Å². The van der Waals surface area contributed by atoms with Crippen molar-refractivity contribution < 1.29 is 4.74 Å². The van der Waals surface area contributed by atoms with Gasteiger partial charge in [-0.3, -0.25) is 0 Å². The van der Waals surface area contributed by atoms with Crippen molar-refractivity contribution in [3.05, 3.63) is 30.1 Å². The van der Waals surface area contributed by atoms with Crippen LogP contribution in [0, 0.1) is 0 Å². The quantitative estimate of drug-likeness (QED) is 0.735. The van der Waals surface area contributed by atoms with E-state index in [4.69, 9.17) is 9.84 Å². The van der Waals surface area contributed by atoms with Gasteiger partial charge in [0.05, 0.1) is 7.11 Å². The number of hydrogen-bond donors (Lipinski definition) is 0. The zero-order chi connectivity index (χ0) is 14.9. The molecule has 22 heavy (non-hydrogen) atoms. The van der Waals surface area contributed by atoms with E-state index >= 15 is 0 Å². The first-order valence-corrected chi connectivity index (χ1v) is 8.53. The Morgan fingerprint density at radius 1 is 1.18 bits per heavy atom. The van der Waals surface area contributed by atoms with Crippen molar-refractivity contribution in [1.29, 1.82) is 0 Å². The highest BCUT2D eigenvalue weighted by molar-refractivity contribution is 7.19. The Labute approximate surface area is 133 Å². The van der Waals surface area contributed by atoms with Crippen molar-refractivity contribution >= 4 is 16.3 Å². The molecule has 114 valence electrons. The maximum Gasteiger partial charge on any atom is 0.234 e. The second kappa shape index (κ2) is 5.68. The summed E-state index contributed by atoms with van der Waals surface area (Å²) in [7, 11) is 1.68. The average molecular weight is 314 g/mol. The minimum absolute atomic E-state index is 0.504. The summed E-state index contributed by atoms with van der Waals surface area (Å²) < 4.78 is 7.23. The third-order valence-electron chi connectivity index (χ3n) is 4.30. The Balaban J connectivity index is 1.73. The van der Waals surface area contributed by atoms with E-state index in [1.807, 2.05) is 22.7 Å². The maximum atomic E-state index is 5.29. The fourth-order valence-electron chi connectivity index (χ4n) is 3.12. The van der Waals surface area contributed by atoms with Crippen molar-refractivity contribution in [1.82, 2.24) is 19.8 Å². The van der Waals surface area contributed by atoms with Crippen molar-refractivity contribution in [3.63, 3.8) is 0 Å². The summed E-state index contributed by atoms with van der Waals surface area (Å²) >= 11 is 1.58. The number of nitrogens with zero attached hydrogens (tertiary/aromatic N) is 4. The molecule has 2 aromatic heterocycles. The summed E-state index contributed by atoms with van der Waals surface area (Å²) in [6.45, 7) is 0. The highest BCUT2D eigenvalue weighted by Gasteiger charge is 2.23. The number of aromatic nitrogens is 4. The lowest BCUT2D eigenvalue weighted by Gasteiger charge is -2.18. The van der Waals surface area contributed by atoms with Gasteiger partial charge >= 0.3 is 0 Å². The summed E-state index contributed by atoms with van der Waals surface area (Å²) in [4.78, 5) is 0.874. The lowest BCUT2D eigenvalue weighted by Crippen LogP contribution is -2.09. The molecule has 1 aromatic carbocycles. The topological polar surface area (TPSA) is 52.3 Å². The van der Waals surface area contributed by atoms with Gasteiger partial charge in [0.2, 0.25) is 4.96 Å². The minimum Gasteiger partial charge on any atom is -0.497 e. The third kappa shape index (κ3) is 2.37. The molecule has 1 fully saturated rings. The molecule has 0 bridgehead atoms. The van der Waals surface area contributed by atoms with Gasteiger partial charge in [0.15, 0.2) is 5.82 Å². The van der Waals surface area contributed by atoms with Gasteiger partial charge in [0, 0.05) is 11.5 Å². The Morgan fingerprint density at radius 3 is 2.86 bits per heavy atom. The number of rotatable bonds is 3. The molecule has 5 nitrogen and oxygen atoms in total. The van der Waals surface area contributed by atoms with E-state index in [9.17, 15) is 0 Å². The SMILES string of the molecule is COc1cccc(-c2nn3c(C4CCCCC4)nnc3s2)c1. The highest BCUT2D eigenvalue weighted by atomic mass is 32.1. The minimum atomic E-state index is 0.504. The van der Waals surface area contributed by atoms with Crippen LogP contribution in [0.4, 0.5) is 0 Å². The van der Waals surface area contributed by atoms with E-state index in [0.29, 0.717) is 5.92 Å². The molecule has 1 saturated carbocycles. The molecule has 3 aromatic rings. The van der Waals surface area contributed by atoms with Crippen LogP contribution in [0.15, 0.2) is 24.3 Å². The van der Waals surface area contributed by atoms with Crippen molar-refractivity contribution in [2.24, 2.45) is 0 Å². The van der Waals surface area contributed by atoms with Gasteiger partial charge in [0.1, 0.15) is 10.8 Å². The van der Waals surface area contributed by atoms with E-state index in [1.54, 1.807) is 18.4 Å². The number of benzene rings is 1. The number of methoxy groups -OCH3 is 1. The summed E-state index contributed by atoms with van der Waals surface area (Å²) in [5.74, 6) is 2.38. The van der Waals surface area contributed by atoms with Crippen LogP contribution in [-0.2, 0) is 0 Å². The Kier molecular flexibility index (Phi) is 3.54. The molecule has 0 N–H and O–H groups in total. The van der Waals surface area contributed by atoms with Gasteiger partial charge in [-0.2, -0.15) is 9.61 Å². The van der Waals surface area contributed by atoms with Crippen LogP contribution >= 0.6 is 11.3 Å². The van der Waals surface area contributed by atoms with Crippen LogP contribution in [-0.4, -0.2) is 26.9 Å². The van der Waals surface area contributed by atoms with Gasteiger partial charge in [0.25, 0.3) is 0 Å². The zero-order valence-electron chi connectivity index (χ0n) is 12.5. The highest BCUT2D eigenvalue weighted by Crippen LogP contribution is 2.34. The third-order valence-corrected chi connectivity index (χ3v) is 5.25. The second-order valence-electron chi connectivity index (χ2n) is 5.73. The van der Waals surface area contributed by atoms with Crippen LogP contribution < -0.4 is 4.74 Å². The van der Waals surface area contributed by atoms with E-state index in [0.717, 1.165) is 27.1 Å². The fraction of sp³-hybridized carbons (Fsp3) is 0.438. The Morgan fingerprint density at radius 2 is 2.05 bits per heavy atom. The molecule has 1 aliphatic carbocycles. The first kappa shape index (κ1) is 13.7. The summed E-state index contributed by atoms with van der Waals surface area (Å²) in [5.41, 5.74) is 1.06. The Hall–Kier alpha value is -1.95. The molecule has 4 rings (SSSR count). The van der Waals surface area contributed by atoms with E-state index < -0.39 is 0 Å². The zero-order valence-corrected chi connectivity index (χ0v) is 13.3. The lowest BCUT2D eigenvalue weighted by molar-refractivity contribution is 0.415. The predicted octanol–water partition coefficient (Wildman–Crippen LogP) is 3.91. The monoisotopic (exact) mass is 314 g/mol. The molecule has 0 unspecified atom stereocenters. The van der Waals surface area contributed by atoms with Crippen molar-refractivity contribution in [2.75, 3.05) is 7.11 Å². The van der Waals surface area contributed by atoms with Gasteiger partial charge in [-0.05, 0) is 25.0 Å². The second-order valence-corrected chi connectivity index (χ2v) is 6.68. The average Bonchev–Trinajstić information content (AvgIpc) is 3.16. The molecular formula is C16H18N4OS. The first-order chi connectivity index (χ1) is 10.8. The predicted molar refractivity (Wildman–Crippen MR) is 86.5 cm³/mol. The standard InChI is InChI=1S/C16H18N4OS/c1-21-13-9-5-8-12(10-13)15-19-20-14(17-18-16(20)22-15)11-6-3-2-4-7-11/h5,8-11H,2-4,6-7H2,1H3. The van der Waals surface area contributed by atoms with Crippen LogP contribution in [0.2, 0.25) is 0 Å². The molecule has 6 heteroatoms. The van der Waals surface area contributed by atoms with E-state index in [1.165, 1.54) is 32.1 Å². The molecule has 0 radical (unpaired) electrons. The maximum absolute atomic E-state index is 5.29. The summed E-state index contributed by atoms with van der Waals surface area (Å²) in [6.07, 6.45) is 6.31. The number of hydrogen-bond acceptors (Lipinski definition) is 5. The molecule has 2 heterocycles. The van der Waals surface area contributed by atoms with Crippen LogP contribution in [0.25, 0.3) is 15.5 Å². The normalized spacial score (nSPS) is 16.2. The molecule has 0 spiro atoms. The van der Waals surface area contributed by atoms with Gasteiger partial charge in [-0.15, -0.1) is 10.2 Å². The summed E-state index contributed by atoms with van der Waals surface area (Å²) in [6, 6.07) is 7.98. The van der Waals surface area contributed by atoms with Crippen LogP contribution in [0.5, 0.6) is 5.75 Å². The molecule has 0 amide bonds. The lowest BCUT2D eigenvalue weighted by atomic mass is 9.89. The van der Waals surface area contributed by atoms with Gasteiger partial charge in [-0.1, -0.05) is 42.7 Å². The number of fused-ring (bicyclic) bond motifs is 1. The first-order valence-electron chi connectivity index (χ1n) is 7.72. The van der Waals surface area contributed by atoms with E-state index in [2.05, 4.69) is 16.3 Å². The smallest absolute Gasteiger partial charge is 0.234 e. The Bertz CT molecular complexity index is 788. The van der Waals surface area contributed by atoms with Gasteiger partial charge < -0.3 is 4.74 Å². The fourth-order valence-corrected chi connectivity index (χ4v) is 3.96. The molecule has 0 saturated heterocycles. The molecule has 1 aliphatic rings. The molecule has 0 aliphatic heterocycles. The van der Waals surface area contributed by atoms with Crippen molar-refractivity contribution in [2.45, 2.75) is 38.0 Å². The summed E-state index contributed by atoms with van der Waals surface area (Å²) in [5, 5.41) is 14.4. The van der Waals surface area contributed by atoms with E-state index in [-0.39, 0.29) is 0 Å². The van der Waals surface area contributed by atoms with Gasteiger partial charge in [-0.25, -0.2) is 0 Å². The molecular weight excluding hydrogens is 296 g/mol. The largest absolute Gasteiger partial charge is 0.497 e. The van der Waals surface area contributed by atoms with Crippen LogP contribution in [0.1, 0.15) is 43.8 Å².